The molecule has 1 unspecified atom stereocenters. The van der Waals surface area contributed by atoms with Gasteiger partial charge < -0.3 is 9.47 Å². The molecule has 0 spiro atoms. The lowest BCUT2D eigenvalue weighted by atomic mass is 9.99. The zero-order valence-electron chi connectivity index (χ0n) is 14.3. The predicted octanol–water partition coefficient (Wildman–Crippen LogP) is 1.81. The second-order valence-corrected chi connectivity index (χ2v) is 6.18. The molecule has 0 heterocycles. The Morgan fingerprint density at radius 1 is 1.33 bits per heavy atom. The molecule has 1 N–H and O–H groups in total. The van der Waals surface area contributed by atoms with E-state index in [1.165, 1.54) is 7.11 Å². The first-order valence-electron chi connectivity index (χ1n) is 8.09. The van der Waals surface area contributed by atoms with Gasteiger partial charge in [-0.2, -0.15) is 0 Å². The fraction of sp³-hybridized carbons (Fsp3) is 0.938. The highest BCUT2D eigenvalue weighted by Gasteiger charge is 2.41. The summed E-state index contributed by atoms with van der Waals surface area (Å²) in [5, 5.41) is 3.47. The lowest BCUT2D eigenvalue weighted by Gasteiger charge is -2.38. The molecule has 1 saturated carbocycles. The molecule has 0 aromatic carbocycles. The highest BCUT2D eigenvalue weighted by Crippen LogP contribution is 2.24. The predicted molar refractivity (Wildman–Crippen MR) is 84.4 cm³/mol. The lowest BCUT2D eigenvalue weighted by Crippen LogP contribution is -2.59. The second-order valence-electron chi connectivity index (χ2n) is 6.18. The van der Waals surface area contributed by atoms with Crippen LogP contribution in [0.3, 0.4) is 0 Å². The molecule has 0 radical (unpaired) electrons. The van der Waals surface area contributed by atoms with Gasteiger partial charge in [0.2, 0.25) is 0 Å². The summed E-state index contributed by atoms with van der Waals surface area (Å²) >= 11 is 0. The van der Waals surface area contributed by atoms with Crippen molar-refractivity contribution in [1.29, 1.82) is 0 Å². The van der Waals surface area contributed by atoms with Crippen molar-refractivity contribution in [2.45, 2.75) is 64.1 Å². The number of carbonyl (C=O) groups is 1. The second kappa shape index (κ2) is 8.71. The van der Waals surface area contributed by atoms with Crippen LogP contribution in [0.1, 0.15) is 46.5 Å². The third-order valence-electron chi connectivity index (χ3n) is 4.30. The third kappa shape index (κ3) is 5.57. The van der Waals surface area contributed by atoms with Crippen molar-refractivity contribution in [3.8, 4) is 0 Å². The number of ether oxygens (including phenoxy) is 2. The van der Waals surface area contributed by atoms with Crippen molar-refractivity contribution >= 4 is 5.97 Å². The minimum atomic E-state index is -0.647. The van der Waals surface area contributed by atoms with Gasteiger partial charge in [0.1, 0.15) is 5.54 Å². The number of methoxy groups -OCH3 is 2. The Kier molecular flexibility index (Phi) is 7.63. The van der Waals surface area contributed by atoms with Crippen molar-refractivity contribution in [3.63, 3.8) is 0 Å². The van der Waals surface area contributed by atoms with Crippen molar-refractivity contribution in [1.82, 2.24) is 10.2 Å². The Balaban J connectivity index is 2.79. The smallest absolute Gasteiger partial charge is 0.327 e. The van der Waals surface area contributed by atoms with Gasteiger partial charge in [-0.3, -0.25) is 15.0 Å². The molecule has 0 bridgehead atoms. The summed E-state index contributed by atoms with van der Waals surface area (Å²) in [4.78, 5) is 14.6. The van der Waals surface area contributed by atoms with Gasteiger partial charge >= 0.3 is 5.97 Å². The molecule has 5 heteroatoms. The molecule has 21 heavy (non-hydrogen) atoms. The average Bonchev–Trinajstić information content (AvgIpc) is 3.28. The molecule has 0 saturated heterocycles. The van der Waals surface area contributed by atoms with Gasteiger partial charge in [0.15, 0.2) is 0 Å². The van der Waals surface area contributed by atoms with Crippen LogP contribution in [-0.2, 0) is 14.3 Å². The molecular formula is C16H32N2O3. The average molecular weight is 300 g/mol. The van der Waals surface area contributed by atoms with E-state index < -0.39 is 5.54 Å². The highest BCUT2D eigenvalue weighted by atomic mass is 16.5. The summed E-state index contributed by atoms with van der Waals surface area (Å²) in [5.41, 5.74) is -0.647. The molecular weight excluding hydrogens is 268 g/mol. The summed E-state index contributed by atoms with van der Waals surface area (Å²) < 4.78 is 10.3. The largest absolute Gasteiger partial charge is 0.468 e. The number of rotatable bonds is 11. The van der Waals surface area contributed by atoms with Gasteiger partial charge in [-0.05, 0) is 32.6 Å². The number of carbonyl (C=O) groups excluding carboxylic acids is 1. The minimum absolute atomic E-state index is 0.178. The third-order valence-corrected chi connectivity index (χ3v) is 4.30. The minimum Gasteiger partial charge on any atom is -0.468 e. The van der Waals surface area contributed by atoms with Gasteiger partial charge in [0.05, 0.1) is 13.7 Å². The van der Waals surface area contributed by atoms with E-state index in [1.54, 1.807) is 7.11 Å². The standard InChI is InChI=1S/C16H32N2O3/c1-6-14(7-2)18(10-11-20-4)12-16(3,15(19)21-5)17-13-8-9-13/h13-14,17H,6-12H2,1-5H3. The number of hydrogen-bond acceptors (Lipinski definition) is 5. The molecule has 1 rings (SSSR count). The summed E-state index contributed by atoms with van der Waals surface area (Å²) in [5.74, 6) is -0.178. The van der Waals surface area contributed by atoms with Crippen LogP contribution in [0.5, 0.6) is 0 Å². The SMILES string of the molecule is CCC(CC)N(CCOC)CC(C)(NC1CC1)C(=O)OC. The normalized spacial score (nSPS) is 18.0. The van der Waals surface area contributed by atoms with E-state index in [-0.39, 0.29) is 5.97 Å². The Morgan fingerprint density at radius 3 is 2.38 bits per heavy atom. The van der Waals surface area contributed by atoms with Crippen LogP contribution < -0.4 is 5.32 Å². The summed E-state index contributed by atoms with van der Waals surface area (Å²) in [6, 6.07) is 0.921. The zero-order valence-corrected chi connectivity index (χ0v) is 14.3. The molecule has 0 aliphatic heterocycles. The molecule has 0 amide bonds. The maximum Gasteiger partial charge on any atom is 0.327 e. The van der Waals surface area contributed by atoms with Crippen molar-refractivity contribution < 1.29 is 14.3 Å². The fourth-order valence-corrected chi connectivity index (χ4v) is 2.88. The molecule has 1 fully saturated rings. The molecule has 0 aromatic heterocycles. The monoisotopic (exact) mass is 300 g/mol. The number of hydrogen-bond donors (Lipinski definition) is 1. The van der Waals surface area contributed by atoms with Crippen LogP contribution in [0.25, 0.3) is 0 Å². The quantitative estimate of drug-likeness (QED) is 0.590. The fourth-order valence-electron chi connectivity index (χ4n) is 2.88. The number of nitrogens with zero attached hydrogens (tertiary/aromatic N) is 1. The zero-order chi connectivity index (χ0) is 15.9. The Bertz CT molecular complexity index is 317. The number of nitrogens with one attached hydrogen (secondary N) is 1. The first kappa shape index (κ1) is 18.4. The highest BCUT2D eigenvalue weighted by molar-refractivity contribution is 5.80. The van der Waals surface area contributed by atoms with E-state index in [0.717, 1.165) is 32.2 Å². The van der Waals surface area contributed by atoms with E-state index in [4.69, 9.17) is 9.47 Å². The molecule has 1 aliphatic carbocycles. The topological polar surface area (TPSA) is 50.8 Å². The van der Waals surface area contributed by atoms with Gasteiger partial charge in [-0.25, -0.2) is 0 Å². The first-order chi connectivity index (χ1) is 10.0. The van der Waals surface area contributed by atoms with Gasteiger partial charge in [0.25, 0.3) is 0 Å². The van der Waals surface area contributed by atoms with Gasteiger partial charge in [0, 0.05) is 32.3 Å². The van der Waals surface area contributed by atoms with Crippen LogP contribution in [0.4, 0.5) is 0 Å². The summed E-state index contributed by atoms with van der Waals surface area (Å²) in [7, 11) is 3.18. The molecule has 1 atom stereocenters. The van der Waals surface area contributed by atoms with Crippen LogP contribution in [-0.4, -0.2) is 62.4 Å². The van der Waals surface area contributed by atoms with E-state index in [0.29, 0.717) is 25.2 Å². The molecule has 1 aliphatic rings. The maximum absolute atomic E-state index is 12.3. The van der Waals surface area contributed by atoms with Crippen LogP contribution in [0, 0.1) is 0 Å². The summed E-state index contributed by atoms with van der Waals surface area (Å²) in [6.07, 6.45) is 4.44. The van der Waals surface area contributed by atoms with Crippen LogP contribution in [0.15, 0.2) is 0 Å². The molecule has 124 valence electrons. The van der Waals surface area contributed by atoms with Crippen molar-refractivity contribution in [2.75, 3.05) is 33.9 Å². The van der Waals surface area contributed by atoms with Crippen LogP contribution >= 0.6 is 0 Å². The van der Waals surface area contributed by atoms with Crippen molar-refractivity contribution in [2.24, 2.45) is 0 Å². The van der Waals surface area contributed by atoms with E-state index in [9.17, 15) is 4.79 Å². The van der Waals surface area contributed by atoms with Crippen LogP contribution in [0.2, 0.25) is 0 Å². The van der Waals surface area contributed by atoms with E-state index >= 15 is 0 Å². The summed E-state index contributed by atoms with van der Waals surface area (Å²) in [6.45, 7) is 8.51. The van der Waals surface area contributed by atoms with Gasteiger partial charge in [-0.1, -0.05) is 13.8 Å². The Labute approximate surface area is 129 Å². The Hall–Kier alpha value is -0.650. The lowest BCUT2D eigenvalue weighted by molar-refractivity contribution is -0.149. The first-order valence-corrected chi connectivity index (χ1v) is 8.09. The van der Waals surface area contributed by atoms with Crippen molar-refractivity contribution in [3.05, 3.63) is 0 Å². The van der Waals surface area contributed by atoms with E-state index in [2.05, 4.69) is 24.1 Å². The molecule has 0 aromatic rings. The maximum atomic E-state index is 12.3. The van der Waals surface area contributed by atoms with E-state index in [1.807, 2.05) is 6.92 Å². The Morgan fingerprint density at radius 2 is 1.95 bits per heavy atom. The van der Waals surface area contributed by atoms with Gasteiger partial charge in [-0.15, -0.1) is 0 Å². The number of esters is 1. The molecule has 5 nitrogen and oxygen atoms in total.